The number of benzene rings is 5. The molecule has 3 nitrogen and oxygen atoms in total. The molecule has 0 radical (unpaired) electrons. The highest BCUT2D eigenvalue weighted by Gasteiger charge is 2.20. The van der Waals surface area contributed by atoms with Crippen LogP contribution in [0.25, 0.3) is 21.9 Å². The van der Waals surface area contributed by atoms with Crippen LogP contribution < -0.4 is 5.32 Å². The summed E-state index contributed by atoms with van der Waals surface area (Å²) in [5.41, 5.74) is 5.99. The summed E-state index contributed by atoms with van der Waals surface area (Å²) >= 11 is 5.99. The van der Waals surface area contributed by atoms with E-state index in [0.29, 0.717) is 16.5 Å². The van der Waals surface area contributed by atoms with Crippen LogP contribution in [0.15, 0.2) is 109 Å². The molecule has 5 heteroatoms. The van der Waals surface area contributed by atoms with Gasteiger partial charge in [-0.05, 0) is 119 Å². The van der Waals surface area contributed by atoms with Crippen molar-refractivity contribution in [2.75, 3.05) is 18.4 Å². The number of hydrogen-bond acceptors (Lipinski definition) is 2. The van der Waals surface area contributed by atoms with E-state index in [9.17, 15) is 9.18 Å². The van der Waals surface area contributed by atoms with Gasteiger partial charge < -0.3 is 5.32 Å². The molecular weight excluding hydrogens is 519 g/mol. The maximum atomic E-state index is 13.3. The van der Waals surface area contributed by atoms with Crippen LogP contribution in [-0.2, 0) is 6.54 Å². The molecule has 1 aliphatic rings. The van der Waals surface area contributed by atoms with E-state index in [1.807, 2.05) is 72.8 Å². The van der Waals surface area contributed by atoms with Crippen LogP contribution in [-0.4, -0.2) is 23.9 Å². The highest BCUT2D eigenvalue weighted by atomic mass is 35.5. The molecule has 1 N–H and O–H groups in total. The smallest absolute Gasteiger partial charge is 0.255 e. The van der Waals surface area contributed by atoms with Gasteiger partial charge in [0.05, 0.1) is 0 Å². The standard InChI is InChI=1S/C35H30ClFN2O/c36-32-12-7-26(8-13-32)25-3-5-29(6-4-25)35(40)38-34-16-11-30-21-24(1-2-31(30)22-34)23-39-19-17-28(18-20-39)27-9-14-33(37)15-10-27/h1-16,21-22,28H,17-20,23H2,(H,38,40). The second kappa shape index (κ2) is 11.6. The van der Waals surface area contributed by atoms with Gasteiger partial charge in [0.2, 0.25) is 0 Å². The molecule has 1 amide bonds. The fourth-order valence-corrected chi connectivity index (χ4v) is 5.67. The lowest BCUT2D eigenvalue weighted by atomic mass is 9.89. The van der Waals surface area contributed by atoms with E-state index in [1.165, 1.54) is 11.1 Å². The van der Waals surface area contributed by atoms with Gasteiger partial charge in [0.25, 0.3) is 5.91 Å². The second-order valence-electron chi connectivity index (χ2n) is 10.5. The van der Waals surface area contributed by atoms with Crippen molar-refractivity contribution in [3.63, 3.8) is 0 Å². The van der Waals surface area contributed by atoms with E-state index in [4.69, 9.17) is 11.6 Å². The Balaban J connectivity index is 1.06. The van der Waals surface area contributed by atoms with E-state index < -0.39 is 0 Å². The Kier molecular flexibility index (Phi) is 7.63. The lowest BCUT2D eigenvalue weighted by Crippen LogP contribution is -2.32. The summed E-state index contributed by atoms with van der Waals surface area (Å²) in [6.07, 6.45) is 2.18. The summed E-state index contributed by atoms with van der Waals surface area (Å²) < 4.78 is 13.3. The van der Waals surface area contributed by atoms with Crippen molar-refractivity contribution < 1.29 is 9.18 Å². The molecule has 1 fully saturated rings. The van der Waals surface area contributed by atoms with Crippen LogP contribution in [0, 0.1) is 5.82 Å². The third-order valence-electron chi connectivity index (χ3n) is 7.82. The van der Waals surface area contributed by atoms with E-state index in [1.54, 1.807) is 12.1 Å². The fraction of sp³-hybridized carbons (Fsp3) is 0.171. The number of amides is 1. The van der Waals surface area contributed by atoms with Gasteiger partial charge in [-0.15, -0.1) is 0 Å². The van der Waals surface area contributed by atoms with E-state index >= 15 is 0 Å². The predicted molar refractivity (Wildman–Crippen MR) is 162 cm³/mol. The average Bonchev–Trinajstić information content (AvgIpc) is 2.98. The van der Waals surface area contributed by atoms with Crippen LogP contribution in [0.4, 0.5) is 10.1 Å². The van der Waals surface area contributed by atoms with Crippen molar-refractivity contribution in [2.45, 2.75) is 25.3 Å². The molecule has 0 bridgehead atoms. The van der Waals surface area contributed by atoms with Gasteiger partial charge in [0.15, 0.2) is 0 Å². The quantitative estimate of drug-likeness (QED) is 0.230. The maximum Gasteiger partial charge on any atom is 0.255 e. The topological polar surface area (TPSA) is 32.3 Å². The Morgan fingerprint density at radius 3 is 2.10 bits per heavy atom. The van der Waals surface area contributed by atoms with Gasteiger partial charge in [0.1, 0.15) is 5.82 Å². The van der Waals surface area contributed by atoms with E-state index in [-0.39, 0.29) is 11.7 Å². The Labute approximate surface area is 239 Å². The SMILES string of the molecule is O=C(Nc1ccc2cc(CN3CCC(c4ccc(F)cc4)CC3)ccc2c1)c1ccc(-c2ccc(Cl)cc2)cc1. The largest absolute Gasteiger partial charge is 0.322 e. The van der Waals surface area contributed by atoms with Crippen molar-refractivity contribution in [1.29, 1.82) is 0 Å². The number of likely N-dealkylation sites (tertiary alicyclic amines) is 1. The minimum absolute atomic E-state index is 0.136. The number of nitrogens with zero attached hydrogens (tertiary/aromatic N) is 1. The first kappa shape index (κ1) is 26.2. The number of piperidine rings is 1. The molecular formula is C35H30ClFN2O. The van der Waals surface area contributed by atoms with Crippen molar-refractivity contribution in [3.05, 3.63) is 137 Å². The minimum atomic E-state index is -0.174. The summed E-state index contributed by atoms with van der Waals surface area (Å²) in [4.78, 5) is 15.4. The number of carbonyl (C=O) groups excluding carboxylic acids is 1. The zero-order valence-corrected chi connectivity index (χ0v) is 22.9. The lowest BCUT2D eigenvalue weighted by Gasteiger charge is -2.32. The van der Waals surface area contributed by atoms with Gasteiger partial charge in [-0.3, -0.25) is 9.69 Å². The van der Waals surface area contributed by atoms with Crippen LogP contribution >= 0.6 is 11.6 Å². The van der Waals surface area contributed by atoms with E-state index in [2.05, 4.69) is 34.5 Å². The van der Waals surface area contributed by atoms with Gasteiger partial charge >= 0.3 is 0 Å². The van der Waals surface area contributed by atoms with E-state index in [0.717, 1.165) is 60.1 Å². The molecule has 0 aliphatic carbocycles. The number of carbonyl (C=O) groups is 1. The van der Waals surface area contributed by atoms with Gasteiger partial charge in [-0.1, -0.05) is 66.2 Å². The molecule has 1 heterocycles. The number of fused-ring (bicyclic) bond motifs is 1. The molecule has 1 aliphatic heterocycles. The third kappa shape index (κ3) is 6.09. The summed E-state index contributed by atoms with van der Waals surface area (Å²) in [6.45, 7) is 2.98. The molecule has 6 rings (SSSR count). The number of halogens is 2. The second-order valence-corrected chi connectivity index (χ2v) is 11.0. The first-order valence-electron chi connectivity index (χ1n) is 13.7. The highest BCUT2D eigenvalue weighted by Crippen LogP contribution is 2.30. The summed E-state index contributed by atoms with van der Waals surface area (Å²) in [5.74, 6) is 0.193. The zero-order chi connectivity index (χ0) is 27.5. The molecule has 0 aromatic heterocycles. The van der Waals surface area contributed by atoms with Gasteiger partial charge in [-0.25, -0.2) is 4.39 Å². The molecule has 200 valence electrons. The summed E-state index contributed by atoms with van der Waals surface area (Å²) in [6, 6.07) is 34.8. The number of anilines is 1. The maximum absolute atomic E-state index is 13.3. The van der Waals surface area contributed by atoms with Crippen molar-refractivity contribution in [1.82, 2.24) is 4.90 Å². The third-order valence-corrected chi connectivity index (χ3v) is 8.07. The van der Waals surface area contributed by atoms with Crippen molar-refractivity contribution in [3.8, 4) is 11.1 Å². The van der Waals surface area contributed by atoms with Gasteiger partial charge in [-0.2, -0.15) is 0 Å². The zero-order valence-electron chi connectivity index (χ0n) is 22.1. The first-order valence-corrected chi connectivity index (χ1v) is 14.1. The molecule has 0 saturated carbocycles. The van der Waals surface area contributed by atoms with Crippen LogP contribution in [0.2, 0.25) is 5.02 Å². The number of nitrogens with one attached hydrogen (secondary N) is 1. The van der Waals surface area contributed by atoms with Crippen LogP contribution in [0.3, 0.4) is 0 Å². The minimum Gasteiger partial charge on any atom is -0.322 e. The monoisotopic (exact) mass is 548 g/mol. The van der Waals surface area contributed by atoms with Crippen molar-refractivity contribution >= 4 is 34.0 Å². The molecule has 40 heavy (non-hydrogen) atoms. The molecule has 1 saturated heterocycles. The normalized spacial score (nSPS) is 14.3. The number of hydrogen-bond donors (Lipinski definition) is 1. The first-order chi connectivity index (χ1) is 19.5. The predicted octanol–water partition coefficient (Wildman–Crippen LogP) is 8.93. The molecule has 5 aromatic rings. The van der Waals surface area contributed by atoms with Crippen molar-refractivity contribution in [2.24, 2.45) is 0 Å². The molecule has 0 atom stereocenters. The van der Waals surface area contributed by atoms with Crippen LogP contribution in [0.1, 0.15) is 40.2 Å². The Morgan fingerprint density at radius 1 is 0.775 bits per heavy atom. The Morgan fingerprint density at radius 2 is 1.40 bits per heavy atom. The number of rotatable bonds is 6. The highest BCUT2D eigenvalue weighted by molar-refractivity contribution is 6.30. The lowest BCUT2D eigenvalue weighted by molar-refractivity contribution is 0.102. The molecule has 5 aromatic carbocycles. The fourth-order valence-electron chi connectivity index (χ4n) is 5.55. The Hall–Kier alpha value is -3.99. The molecule has 0 spiro atoms. The summed E-state index contributed by atoms with van der Waals surface area (Å²) in [7, 11) is 0. The Bertz CT molecular complexity index is 1620. The van der Waals surface area contributed by atoms with Crippen LogP contribution in [0.5, 0.6) is 0 Å². The summed E-state index contributed by atoms with van der Waals surface area (Å²) in [5, 5.41) is 5.98. The van der Waals surface area contributed by atoms with Gasteiger partial charge in [0, 0.05) is 22.8 Å². The molecule has 0 unspecified atom stereocenters. The average molecular weight is 549 g/mol.